The zero-order chi connectivity index (χ0) is 65.4. The molecule has 0 bridgehead atoms. The summed E-state index contributed by atoms with van der Waals surface area (Å²) < 4.78 is 75.5. The molecule has 0 fully saturated rings. The Morgan fingerprint density at radius 1 is 0.416 bits per heavy atom. The summed E-state index contributed by atoms with van der Waals surface area (Å²) in [7, 11) is 14.3. The second-order valence-electron chi connectivity index (χ2n) is 18.7. The van der Waals surface area contributed by atoms with Gasteiger partial charge in [0.2, 0.25) is 35.4 Å². The topological polar surface area (TPSA) is 370 Å². The first-order valence-corrected chi connectivity index (χ1v) is 37.0. The molecule has 0 aromatic carbocycles. The fourth-order valence-corrected chi connectivity index (χ4v) is 14.3. The van der Waals surface area contributed by atoms with E-state index in [0.717, 1.165) is 10.2 Å². The molecule has 9 N–H and O–H groups in total. The fourth-order valence-electron chi connectivity index (χ4n) is 6.86. The minimum absolute atomic E-state index is 0.00865. The number of amidine groups is 1. The molecule has 0 rings (SSSR count). The molecule has 6 amide bonds. The van der Waals surface area contributed by atoms with E-state index in [9.17, 15) is 38.7 Å². The van der Waals surface area contributed by atoms with E-state index in [4.69, 9.17) is 67.3 Å². The first-order valence-electron chi connectivity index (χ1n) is 29.5. The third-order valence-corrected chi connectivity index (χ3v) is 19.0. The highest BCUT2D eigenvalue weighted by molar-refractivity contribution is 8.88. The Hall–Kier alpha value is -2.66. The summed E-state index contributed by atoms with van der Waals surface area (Å²) >= 11 is 0. The van der Waals surface area contributed by atoms with Crippen LogP contribution in [0.5, 0.6) is 0 Å². The number of nitrogens with one attached hydrogen (secondary N) is 6. The summed E-state index contributed by atoms with van der Waals surface area (Å²) in [6.45, 7) is 6.50. The number of nitrogens with two attached hydrogens (primary N) is 1. The normalized spacial score (nSPS) is 12.0. The molecular formula is C54H102N8O21S6. The number of nitrogens with zero attached hydrogens (tertiary/aromatic N) is 1. The highest BCUT2D eigenvalue weighted by atomic mass is 33.2. The lowest BCUT2D eigenvalue weighted by atomic mass is 10.0. The number of carboxylic acids is 1. The lowest BCUT2D eigenvalue weighted by Crippen LogP contribution is -2.59. The highest BCUT2D eigenvalue weighted by Gasteiger charge is 2.34. The van der Waals surface area contributed by atoms with Crippen molar-refractivity contribution in [3.8, 4) is 0 Å². The molecule has 0 aliphatic rings. The van der Waals surface area contributed by atoms with Crippen LogP contribution in [0.1, 0.15) is 64.2 Å². The lowest BCUT2D eigenvalue weighted by Gasteiger charge is -2.34. The SMILES string of the molecule is COCCOCCNC(=O)CCOCC(COCCC(=O)NCCOCCOC)(COCCC(=O)NCCOCCOC)NC(=O)CCOCCOCCOCCOCCNC(=O)CCCC(=O)NCCCC[C@@H](C(=O)O)C(N)=NSSCSSCSSC. The Labute approximate surface area is 549 Å². The van der Waals surface area contributed by atoms with Crippen LogP contribution in [0.25, 0.3) is 0 Å². The van der Waals surface area contributed by atoms with Gasteiger partial charge < -0.3 is 104 Å². The maximum absolute atomic E-state index is 13.5. The summed E-state index contributed by atoms with van der Waals surface area (Å²) in [5.41, 5.74) is 4.66. The number of aliphatic carboxylic acids is 1. The molecule has 0 saturated heterocycles. The van der Waals surface area contributed by atoms with E-state index in [2.05, 4.69) is 36.3 Å². The van der Waals surface area contributed by atoms with E-state index in [1.165, 1.54) is 21.8 Å². The van der Waals surface area contributed by atoms with Crippen molar-refractivity contribution in [2.75, 3.05) is 222 Å². The predicted octanol–water partition coefficient (Wildman–Crippen LogP) is 2.09. The molecule has 520 valence electrons. The summed E-state index contributed by atoms with van der Waals surface area (Å²) in [5, 5.41) is 28.2. The second-order valence-corrected chi connectivity index (χ2v) is 26.5. The van der Waals surface area contributed by atoms with E-state index in [1.807, 2.05) is 6.26 Å². The van der Waals surface area contributed by atoms with Crippen molar-refractivity contribution in [1.29, 1.82) is 0 Å². The minimum Gasteiger partial charge on any atom is -0.481 e. The average Bonchev–Trinajstić information content (AvgIpc) is 3.70. The van der Waals surface area contributed by atoms with Crippen LogP contribution in [-0.4, -0.2) is 280 Å². The number of carbonyl (C=O) groups is 7. The van der Waals surface area contributed by atoms with Gasteiger partial charge in [0.05, 0.1) is 162 Å². The Bertz CT molecular complexity index is 1730. The molecule has 0 saturated carbocycles. The largest absolute Gasteiger partial charge is 0.481 e. The maximum Gasteiger partial charge on any atom is 0.314 e. The number of carboxylic acid groups (broad SMARTS) is 1. The third kappa shape index (κ3) is 58.9. The van der Waals surface area contributed by atoms with Crippen molar-refractivity contribution in [3.05, 3.63) is 0 Å². The van der Waals surface area contributed by atoms with E-state index >= 15 is 0 Å². The minimum atomic E-state index is -1.31. The molecule has 0 aromatic rings. The van der Waals surface area contributed by atoms with Crippen LogP contribution in [0.3, 0.4) is 0 Å². The van der Waals surface area contributed by atoms with Gasteiger partial charge in [-0.25, -0.2) is 0 Å². The van der Waals surface area contributed by atoms with Gasteiger partial charge in [0, 0.05) is 104 Å². The summed E-state index contributed by atoms with van der Waals surface area (Å²) in [4.78, 5) is 87.5. The van der Waals surface area contributed by atoms with Crippen LogP contribution < -0.4 is 37.6 Å². The second kappa shape index (κ2) is 65.4. The van der Waals surface area contributed by atoms with Gasteiger partial charge in [0.25, 0.3) is 0 Å². The Kier molecular flexibility index (Phi) is 63.4. The Balaban J connectivity index is 4.76. The molecule has 0 aliphatic heterocycles. The monoisotopic (exact) mass is 1390 g/mol. The number of carbonyl (C=O) groups excluding carboxylic acids is 6. The van der Waals surface area contributed by atoms with Gasteiger partial charge >= 0.3 is 5.97 Å². The fraction of sp³-hybridized carbons (Fsp3) is 0.852. The van der Waals surface area contributed by atoms with Crippen LogP contribution in [0.2, 0.25) is 0 Å². The van der Waals surface area contributed by atoms with Crippen LogP contribution in [0, 0.1) is 5.92 Å². The van der Waals surface area contributed by atoms with E-state index < -0.39 is 23.3 Å². The summed E-state index contributed by atoms with van der Waals surface area (Å²) in [5.74, 6) is -3.45. The van der Waals surface area contributed by atoms with E-state index in [1.54, 1.807) is 64.5 Å². The lowest BCUT2D eigenvalue weighted by molar-refractivity contribution is -0.139. The number of hydrogen-bond donors (Lipinski definition) is 8. The van der Waals surface area contributed by atoms with Gasteiger partial charge in [-0.15, -0.1) is 0 Å². The van der Waals surface area contributed by atoms with Crippen LogP contribution >= 0.6 is 64.9 Å². The number of methoxy groups -OCH3 is 3. The van der Waals surface area contributed by atoms with Crippen molar-refractivity contribution in [1.82, 2.24) is 31.9 Å². The maximum atomic E-state index is 13.5. The van der Waals surface area contributed by atoms with Gasteiger partial charge in [-0.3, -0.25) is 33.6 Å². The number of hydrogen-bond acceptors (Lipinski definition) is 27. The number of ether oxygens (including phenoxy) is 13. The number of rotatable bonds is 68. The van der Waals surface area contributed by atoms with Crippen molar-refractivity contribution in [3.63, 3.8) is 0 Å². The van der Waals surface area contributed by atoms with Gasteiger partial charge in [-0.05, 0) is 25.5 Å². The van der Waals surface area contributed by atoms with Gasteiger partial charge in [-0.2, -0.15) is 4.40 Å². The third-order valence-electron chi connectivity index (χ3n) is 11.4. The molecule has 0 aliphatic carbocycles. The summed E-state index contributed by atoms with van der Waals surface area (Å²) in [6, 6.07) is 0. The molecule has 89 heavy (non-hydrogen) atoms. The standard InChI is InChI=1S/C54H102N8O21S6/c1-71-28-31-75-24-17-58-48(65)11-21-81-40-54(41-82-22-12-49(66)59-18-25-76-32-29-72-2,42-83-23-13-50(67)60-19-26-77-33-30-73-3)61-51(68)14-20-74-34-36-79-38-39-80-37-35-78-27-16-57-47(64)10-7-9-46(63)56-15-6-5-8-45(53(69)70)52(55)62-89-88-44-87-86-43-85-84-4/h45H,5-44H2,1-4H3,(H2,55,62)(H,56,63)(H,57,64)(H,58,65)(H,59,66)(H,60,67)(H,61,68)(H,69,70)/t45-/m1/s1. The first kappa shape index (κ1) is 86.3. The van der Waals surface area contributed by atoms with Crippen LogP contribution in [0.15, 0.2) is 4.40 Å². The van der Waals surface area contributed by atoms with Crippen LogP contribution in [-0.2, 0) is 95.1 Å². The van der Waals surface area contributed by atoms with Crippen molar-refractivity contribution < 1.29 is 100 Å². The first-order chi connectivity index (χ1) is 43.3. The molecule has 0 heterocycles. The number of unbranched alkanes of at least 4 members (excludes halogenated alkanes) is 1. The van der Waals surface area contributed by atoms with E-state index in [-0.39, 0.29) is 147 Å². The molecule has 29 nitrogen and oxygen atoms in total. The quantitative estimate of drug-likeness (QED) is 0.0108. The van der Waals surface area contributed by atoms with Crippen LogP contribution in [0.4, 0.5) is 0 Å². The summed E-state index contributed by atoms with van der Waals surface area (Å²) in [6.07, 6.45) is 4.19. The molecule has 0 radical (unpaired) electrons. The molecule has 0 aromatic heterocycles. The van der Waals surface area contributed by atoms with Crippen molar-refractivity contribution in [2.24, 2.45) is 16.0 Å². The molecule has 35 heteroatoms. The van der Waals surface area contributed by atoms with Crippen molar-refractivity contribution in [2.45, 2.75) is 69.7 Å². The molecule has 0 unspecified atom stereocenters. The smallest absolute Gasteiger partial charge is 0.314 e. The Morgan fingerprint density at radius 2 is 0.764 bits per heavy atom. The molecule has 0 spiro atoms. The zero-order valence-electron chi connectivity index (χ0n) is 52.4. The molecule has 1 atom stereocenters. The van der Waals surface area contributed by atoms with Gasteiger partial charge in [0.15, 0.2) is 0 Å². The van der Waals surface area contributed by atoms with Gasteiger partial charge in [0.1, 0.15) is 17.3 Å². The highest BCUT2D eigenvalue weighted by Crippen LogP contribution is 2.36. The molecular weight excluding hydrogens is 1290 g/mol. The van der Waals surface area contributed by atoms with E-state index in [0.29, 0.717) is 138 Å². The predicted molar refractivity (Wildman–Crippen MR) is 350 cm³/mol. The zero-order valence-corrected chi connectivity index (χ0v) is 57.3. The Morgan fingerprint density at radius 3 is 1.17 bits per heavy atom. The average molecular weight is 1390 g/mol. The van der Waals surface area contributed by atoms with Crippen molar-refractivity contribution >= 4 is 112 Å². The van der Waals surface area contributed by atoms with Gasteiger partial charge in [-0.1, -0.05) is 60.4 Å². The number of amides is 6.